The highest BCUT2D eigenvalue weighted by atomic mass is 32.2. The number of carbonyl (C=O) groups excluding carboxylic acids is 1. The van der Waals surface area contributed by atoms with Crippen LogP contribution in [0.4, 0.5) is 0 Å². The lowest BCUT2D eigenvalue weighted by molar-refractivity contribution is -0.126. The first-order valence-electron chi connectivity index (χ1n) is 10.1. The van der Waals surface area contributed by atoms with Crippen molar-refractivity contribution >= 4 is 15.9 Å². The molecule has 1 atom stereocenters. The van der Waals surface area contributed by atoms with E-state index in [1.165, 1.54) is 9.87 Å². The van der Waals surface area contributed by atoms with Gasteiger partial charge in [0.15, 0.2) is 0 Å². The smallest absolute Gasteiger partial charge is 0.224 e. The second-order valence-corrected chi connectivity index (χ2v) is 9.78. The maximum absolute atomic E-state index is 12.6. The maximum atomic E-state index is 12.6. The van der Waals surface area contributed by atoms with E-state index in [0.29, 0.717) is 19.6 Å². The molecule has 8 heteroatoms. The third kappa shape index (κ3) is 5.76. The standard InChI is InChI=1S/C20H31N3O4S/c1-2-28(25,26)23-8-4-7-19(16-23)20(24)21-14-17-5-3-6-18(13-17)15-22-9-11-27-12-10-22/h3,5-6,13,19H,2,4,7-12,14-16H2,1H3,(H,21,24)/t19-/m1/s1. The molecular formula is C20H31N3O4S. The van der Waals surface area contributed by atoms with Gasteiger partial charge in [-0.15, -0.1) is 0 Å². The average Bonchev–Trinajstić information content (AvgIpc) is 2.73. The first kappa shape index (κ1) is 21.2. The fourth-order valence-corrected chi connectivity index (χ4v) is 4.96. The number of nitrogens with one attached hydrogen (secondary N) is 1. The van der Waals surface area contributed by atoms with Crippen LogP contribution in [0.15, 0.2) is 24.3 Å². The van der Waals surface area contributed by atoms with Crippen LogP contribution in [0.25, 0.3) is 0 Å². The predicted octanol–water partition coefficient (Wildman–Crippen LogP) is 1.20. The van der Waals surface area contributed by atoms with Gasteiger partial charge in [-0.3, -0.25) is 9.69 Å². The van der Waals surface area contributed by atoms with E-state index in [1.54, 1.807) is 6.92 Å². The van der Waals surface area contributed by atoms with Gasteiger partial charge in [0.2, 0.25) is 15.9 Å². The van der Waals surface area contributed by atoms with Crippen LogP contribution in [0.1, 0.15) is 30.9 Å². The highest BCUT2D eigenvalue weighted by Crippen LogP contribution is 2.20. The molecule has 0 bridgehead atoms. The molecule has 3 rings (SSSR count). The summed E-state index contributed by atoms with van der Waals surface area (Å²) >= 11 is 0. The fourth-order valence-electron chi connectivity index (χ4n) is 3.78. The summed E-state index contributed by atoms with van der Waals surface area (Å²) in [5.41, 5.74) is 2.29. The molecule has 1 aromatic carbocycles. The molecule has 2 fully saturated rings. The molecule has 2 aliphatic rings. The summed E-state index contributed by atoms with van der Waals surface area (Å²) in [5, 5.41) is 3.00. The zero-order valence-electron chi connectivity index (χ0n) is 16.6. The number of morpholine rings is 1. The van der Waals surface area contributed by atoms with E-state index in [1.807, 2.05) is 12.1 Å². The topological polar surface area (TPSA) is 79.0 Å². The highest BCUT2D eigenvalue weighted by Gasteiger charge is 2.31. The van der Waals surface area contributed by atoms with Crippen molar-refractivity contribution in [3.63, 3.8) is 0 Å². The summed E-state index contributed by atoms with van der Waals surface area (Å²) in [6, 6.07) is 8.27. The molecular weight excluding hydrogens is 378 g/mol. The Morgan fingerprint density at radius 1 is 1.21 bits per heavy atom. The molecule has 0 aromatic heterocycles. The number of hydrogen-bond acceptors (Lipinski definition) is 5. The molecule has 0 spiro atoms. The maximum Gasteiger partial charge on any atom is 0.224 e. The molecule has 2 aliphatic heterocycles. The van der Waals surface area contributed by atoms with Gasteiger partial charge < -0.3 is 10.1 Å². The van der Waals surface area contributed by atoms with Gasteiger partial charge in [-0.05, 0) is 30.9 Å². The van der Waals surface area contributed by atoms with Crippen LogP contribution in [0.3, 0.4) is 0 Å². The molecule has 0 radical (unpaired) electrons. The van der Waals surface area contributed by atoms with Gasteiger partial charge >= 0.3 is 0 Å². The molecule has 7 nitrogen and oxygen atoms in total. The van der Waals surface area contributed by atoms with E-state index >= 15 is 0 Å². The Hall–Kier alpha value is -1.48. The zero-order valence-corrected chi connectivity index (χ0v) is 17.4. The van der Waals surface area contributed by atoms with Crippen LogP contribution in [0.2, 0.25) is 0 Å². The van der Waals surface area contributed by atoms with Crippen molar-refractivity contribution < 1.29 is 17.9 Å². The predicted molar refractivity (Wildman–Crippen MR) is 108 cm³/mol. The number of amides is 1. The minimum absolute atomic E-state index is 0.0606. The Morgan fingerprint density at radius 3 is 2.71 bits per heavy atom. The van der Waals surface area contributed by atoms with Crippen LogP contribution in [-0.2, 0) is 32.6 Å². The Balaban J connectivity index is 1.52. The van der Waals surface area contributed by atoms with Crippen molar-refractivity contribution in [3.8, 4) is 0 Å². The molecule has 1 amide bonds. The highest BCUT2D eigenvalue weighted by molar-refractivity contribution is 7.89. The van der Waals surface area contributed by atoms with E-state index < -0.39 is 10.0 Å². The van der Waals surface area contributed by atoms with Gasteiger partial charge in [0.05, 0.1) is 24.9 Å². The second-order valence-electron chi connectivity index (χ2n) is 7.52. The van der Waals surface area contributed by atoms with Crippen molar-refractivity contribution in [2.75, 3.05) is 45.1 Å². The lowest BCUT2D eigenvalue weighted by Gasteiger charge is -2.31. The quantitative estimate of drug-likeness (QED) is 0.732. The number of ether oxygens (including phenoxy) is 1. The molecule has 2 heterocycles. The summed E-state index contributed by atoms with van der Waals surface area (Å²) in [5.74, 6) is -0.252. The van der Waals surface area contributed by atoms with Gasteiger partial charge in [-0.25, -0.2) is 12.7 Å². The molecule has 0 unspecified atom stereocenters. The van der Waals surface area contributed by atoms with Gasteiger partial charge in [0, 0.05) is 39.3 Å². The minimum Gasteiger partial charge on any atom is -0.379 e. The van der Waals surface area contributed by atoms with Gasteiger partial charge in [-0.2, -0.15) is 0 Å². The number of piperidine rings is 1. The van der Waals surface area contributed by atoms with Crippen molar-refractivity contribution in [1.82, 2.24) is 14.5 Å². The van der Waals surface area contributed by atoms with E-state index in [0.717, 1.165) is 51.3 Å². The number of carbonyl (C=O) groups is 1. The lowest BCUT2D eigenvalue weighted by atomic mass is 9.98. The normalized spacial score (nSPS) is 22.1. The van der Waals surface area contributed by atoms with Crippen LogP contribution < -0.4 is 5.32 Å². The van der Waals surface area contributed by atoms with E-state index in [2.05, 4.69) is 22.3 Å². The molecule has 156 valence electrons. The number of benzene rings is 1. The average molecular weight is 410 g/mol. The Bertz CT molecular complexity index is 762. The first-order chi connectivity index (χ1) is 13.5. The third-order valence-corrected chi connectivity index (χ3v) is 7.33. The largest absolute Gasteiger partial charge is 0.379 e. The first-order valence-corrected chi connectivity index (χ1v) is 11.7. The van der Waals surface area contributed by atoms with Crippen LogP contribution >= 0.6 is 0 Å². The summed E-state index contributed by atoms with van der Waals surface area (Å²) in [7, 11) is -3.23. The zero-order chi connectivity index (χ0) is 20.0. The van der Waals surface area contributed by atoms with Gasteiger partial charge in [0.25, 0.3) is 0 Å². The second kappa shape index (κ2) is 9.82. The third-order valence-electron chi connectivity index (χ3n) is 5.48. The van der Waals surface area contributed by atoms with Gasteiger partial charge in [0.1, 0.15) is 0 Å². The van der Waals surface area contributed by atoms with Crippen molar-refractivity contribution in [2.45, 2.75) is 32.9 Å². The Morgan fingerprint density at radius 2 is 1.96 bits per heavy atom. The number of sulfonamides is 1. The molecule has 28 heavy (non-hydrogen) atoms. The molecule has 0 saturated carbocycles. The molecule has 0 aliphatic carbocycles. The van der Waals surface area contributed by atoms with Gasteiger partial charge in [-0.1, -0.05) is 24.3 Å². The Labute approximate surface area is 168 Å². The summed E-state index contributed by atoms with van der Waals surface area (Å²) in [4.78, 5) is 14.9. The number of rotatable bonds is 7. The number of nitrogens with zero attached hydrogens (tertiary/aromatic N) is 2. The van der Waals surface area contributed by atoms with E-state index in [4.69, 9.17) is 4.74 Å². The van der Waals surface area contributed by atoms with Crippen molar-refractivity contribution in [2.24, 2.45) is 5.92 Å². The van der Waals surface area contributed by atoms with Crippen LogP contribution in [0, 0.1) is 5.92 Å². The lowest BCUT2D eigenvalue weighted by Crippen LogP contribution is -2.45. The van der Waals surface area contributed by atoms with Crippen LogP contribution in [-0.4, -0.2) is 68.7 Å². The monoisotopic (exact) mass is 409 g/mol. The minimum atomic E-state index is -3.23. The fraction of sp³-hybridized carbons (Fsp3) is 0.650. The SMILES string of the molecule is CCS(=O)(=O)N1CCC[C@@H](C(=O)NCc2cccc(CN3CCOCC3)c2)C1. The van der Waals surface area contributed by atoms with Crippen LogP contribution in [0.5, 0.6) is 0 Å². The Kier molecular flexibility index (Phi) is 7.45. The molecule has 2 saturated heterocycles. The van der Waals surface area contributed by atoms with Crippen molar-refractivity contribution in [3.05, 3.63) is 35.4 Å². The summed E-state index contributed by atoms with van der Waals surface area (Å²) < 4.78 is 31.0. The summed E-state index contributed by atoms with van der Waals surface area (Å²) in [6.45, 7) is 7.25. The van der Waals surface area contributed by atoms with E-state index in [9.17, 15) is 13.2 Å². The van der Waals surface area contributed by atoms with E-state index in [-0.39, 0.29) is 17.6 Å². The number of hydrogen-bond donors (Lipinski definition) is 1. The molecule has 1 N–H and O–H groups in total. The van der Waals surface area contributed by atoms with Crippen molar-refractivity contribution in [1.29, 1.82) is 0 Å². The summed E-state index contributed by atoms with van der Waals surface area (Å²) in [6.07, 6.45) is 1.46. The molecule has 1 aromatic rings.